The number of benzene rings is 2. The number of para-hydroxylation sites is 1. The number of ether oxygens (including phenoxy) is 2. The summed E-state index contributed by atoms with van der Waals surface area (Å²) in [5, 5.41) is 6.75. The van der Waals surface area contributed by atoms with Crippen molar-refractivity contribution in [2.24, 2.45) is 4.99 Å². The molecular weight excluding hydrogens is 491 g/mol. The van der Waals surface area contributed by atoms with E-state index in [1.54, 1.807) is 0 Å². The quantitative estimate of drug-likeness (QED) is 0.300. The molecule has 0 atom stereocenters. The minimum atomic E-state index is 0. The van der Waals surface area contributed by atoms with Gasteiger partial charge < -0.3 is 20.1 Å². The Morgan fingerprint density at radius 2 is 1.77 bits per heavy atom. The molecule has 2 N–H and O–H groups in total. The SMILES string of the molecule is CCNC(=NCc1ccccc1OCc1ccccc1)NCCN1CCOCC1.I. The van der Waals surface area contributed by atoms with Crippen LogP contribution in [0.15, 0.2) is 59.6 Å². The molecule has 0 radical (unpaired) electrons. The molecule has 3 rings (SSSR count). The van der Waals surface area contributed by atoms with E-state index in [0.717, 1.165) is 68.8 Å². The molecule has 1 heterocycles. The lowest BCUT2D eigenvalue weighted by molar-refractivity contribution is 0.0389. The number of hydrogen-bond donors (Lipinski definition) is 2. The minimum absolute atomic E-state index is 0. The summed E-state index contributed by atoms with van der Waals surface area (Å²) in [6.45, 7) is 9.54. The summed E-state index contributed by atoms with van der Waals surface area (Å²) in [6, 6.07) is 18.3. The third-order valence-corrected chi connectivity index (χ3v) is 4.79. The molecular formula is C23H33IN4O2. The van der Waals surface area contributed by atoms with Gasteiger partial charge in [0, 0.05) is 38.3 Å². The van der Waals surface area contributed by atoms with Crippen molar-refractivity contribution >= 4 is 29.9 Å². The zero-order chi connectivity index (χ0) is 20.2. The van der Waals surface area contributed by atoms with Crippen LogP contribution in [0.3, 0.4) is 0 Å². The summed E-state index contributed by atoms with van der Waals surface area (Å²) in [7, 11) is 0. The molecule has 2 aromatic rings. The Labute approximate surface area is 197 Å². The van der Waals surface area contributed by atoms with Gasteiger partial charge >= 0.3 is 0 Å². The van der Waals surface area contributed by atoms with E-state index in [9.17, 15) is 0 Å². The first-order valence-corrected chi connectivity index (χ1v) is 10.4. The molecule has 0 aromatic heterocycles. The van der Waals surface area contributed by atoms with E-state index in [2.05, 4.69) is 40.7 Å². The first kappa shape index (κ1) is 24.4. The Bertz CT molecular complexity index is 752. The van der Waals surface area contributed by atoms with Gasteiger partial charge in [0.25, 0.3) is 0 Å². The second-order valence-corrected chi connectivity index (χ2v) is 6.96. The molecule has 30 heavy (non-hydrogen) atoms. The lowest BCUT2D eigenvalue weighted by Gasteiger charge is -2.26. The van der Waals surface area contributed by atoms with Crippen LogP contribution in [-0.4, -0.2) is 56.8 Å². The molecule has 7 heteroatoms. The van der Waals surface area contributed by atoms with Crippen molar-refractivity contribution in [3.63, 3.8) is 0 Å². The van der Waals surface area contributed by atoms with Crippen LogP contribution in [0.5, 0.6) is 5.75 Å². The molecule has 0 spiro atoms. The van der Waals surface area contributed by atoms with Crippen LogP contribution in [0, 0.1) is 0 Å². The number of rotatable bonds is 9. The Kier molecular flexibility index (Phi) is 11.6. The molecule has 1 saturated heterocycles. The van der Waals surface area contributed by atoms with Gasteiger partial charge in [0.1, 0.15) is 12.4 Å². The molecule has 0 unspecified atom stereocenters. The lowest BCUT2D eigenvalue weighted by Crippen LogP contribution is -2.44. The minimum Gasteiger partial charge on any atom is -0.489 e. The smallest absolute Gasteiger partial charge is 0.191 e. The van der Waals surface area contributed by atoms with Crippen molar-refractivity contribution in [3.05, 3.63) is 65.7 Å². The van der Waals surface area contributed by atoms with Crippen LogP contribution in [0.25, 0.3) is 0 Å². The van der Waals surface area contributed by atoms with Gasteiger partial charge in [0.15, 0.2) is 5.96 Å². The largest absolute Gasteiger partial charge is 0.489 e. The van der Waals surface area contributed by atoms with Crippen molar-refractivity contribution in [2.75, 3.05) is 45.9 Å². The first-order chi connectivity index (χ1) is 14.3. The zero-order valence-electron chi connectivity index (χ0n) is 17.7. The van der Waals surface area contributed by atoms with Gasteiger partial charge in [-0.2, -0.15) is 0 Å². The Balaban J connectivity index is 0.00000320. The van der Waals surface area contributed by atoms with Crippen LogP contribution in [-0.2, 0) is 17.9 Å². The van der Waals surface area contributed by atoms with Crippen molar-refractivity contribution in [3.8, 4) is 5.75 Å². The molecule has 0 saturated carbocycles. The third kappa shape index (κ3) is 8.49. The Morgan fingerprint density at radius 3 is 2.53 bits per heavy atom. The molecule has 0 bridgehead atoms. The molecule has 6 nitrogen and oxygen atoms in total. The van der Waals surface area contributed by atoms with Gasteiger partial charge in [0.05, 0.1) is 19.8 Å². The van der Waals surface area contributed by atoms with Gasteiger partial charge in [-0.3, -0.25) is 4.90 Å². The van der Waals surface area contributed by atoms with Crippen LogP contribution in [0.4, 0.5) is 0 Å². The molecule has 164 valence electrons. The van der Waals surface area contributed by atoms with Crippen molar-refractivity contribution in [2.45, 2.75) is 20.1 Å². The van der Waals surface area contributed by atoms with E-state index < -0.39 is 0 Å². The maximum absolute atomic E-state index is 6.05. The molecule has 1 aliphatic heterocycles. The van der Waals surface area contributed by atoms with E-state index in [0.29, 0.717) is 13.2 Å². The summed E-state index contributed by atoms with van der Waals surface area (Å²) in [6.07, 6.45) is 0. The van der Waals surface area contributed by atoms with Crippen molar-refractivity contribution in [1.82, 2.24) is 15.5 Å². The van der Waals surface area contributed by atoms with E-state index in [1.807, 2.05) is 36.4 Å². The van der Waals surface area contributed by atoms with Gasteiger partial charge in [-0.05, 0) is 18.6 Å². The Morgan fingerprint density at radius 1 is 1.03 bits per heavy atom. The molecule has 0 aliphatic carbocycles. The highest BCUT2D eigenvalue weighted by atomic mass is 127. The van der Waals surface area contributed by atoms with E-state index >= 15 is 0 Å². The van der Waals surface area contributed by atoms with E-state index in [-0.39, 0.29) is 24.0 Å². The highest BCUT2D eigenvalue weighted by molar-refractivity contribution is 14.0. The van der Waals surface area contributed by atoms with Gasteiger partial charge in [-0.15, -0.1) is 24.0 Å². The maximum atomic E-state index is 6.05. The molecule has 1 aliphatic rings. The molecule has 2 aromatic carbocycles. The summed E-state index contributed by atoms with van der Waals surface area (Å²) in [5.74, 6) is 1.71. The monoisotopic (exact) mass is 524 g/mol. The van der Waals surface area contributed by atoms with Crippen LogP contribution in [0.1, 0.15) is 18.1 Å². The lowest BCUT2D eigenvalue weighted by atomic mass is 10.2. The number of morpholine rings is 1. The number of hydrogen-bond acceptors (Lipinski definition) is 4. The van der Waals surface area contributed by atoms with Crippen LogP contribution >= 0.6 is 24.0 Å². The topological polar surface area (TPSA) is 58.1 Å². The molecule has 0 amide bonds. The van der Waals surface area contributed by atoms with E-state index in [1.165, 1.54) is 0 Å². The predicted octanol–water partition coefficient (Wildman–Crippen LogP) is 3.27. The summed E-state index contributed by atoms with van der Waals surface area (Å²) >= 11 is 0. The zero-order valence-corrected chi connectivity index (χ0v) is 20.0. The second-order valence-electron chi connectivity index (χ2n) is 6.96. The van der Waals surface area contributed by atoms with Crippen molar-refractivity contribution in [1.29, 1.82) is 0 Å². The maximum Gasteiger partial charge on any atom is 0.191 e. The van der Waals surface area contributed by atoms with E-state index in [4.69, 9.17) is 14.5 Å². The summed E-state index contributed by atoms with van der Waals surface area (Å²) < 4.78 is 11.4. The fourth-order valence-electron chi connectivity index (χ4n) is 3.17. The standard InChI is InChI=1S/C23H32N4O2.HI/c1-2-24-23(25-12-13-27-14-16-28-17-15-27)26-18-21-10-6-7-11-22(21)29-19-20-8-4-3-5-9-20;/h3-11H,2,12-19H2,1H3,(H2,24,25,26);1H. The normalized spacial score (nSPS) is 14.6. The van der Waals surface area contributed by atoms with Crippen LogP contribution in [0.2, 0.25) is 0 Å². The summed E-state index contributed by atoms with van der Waals surface area (Å²) in [5.41, 5.74) is 2.23. The van der Waals surface area contributed by atoms with Gasteiger partial charge in [0.2, 0.25) is 0 Å². The van der Waals surface area contributed by atoms with Gasteiger partial charge in [-0.25, -0.2) is 4.99 Å². The Hall–Kier alpha value is -1.84. The van der Waals surface area contributed by atoms with Gasteiger partial charge in [-0.1, -0.05) is 48.5 Å². The van der Waals surface area contributed by atoms with Crippen LogP contribution < -0.4 is 15.4 Å². The fourth-order valence-corrected chi connectivity index (χ4v) is 3.17. The average Bonchev–Trinajstić information content (AvgIpc) is 2.78. The third-order valence-electron chi connectivity index (χ3n) is 4.79. The number of nitrogens with zero attached hydrogens (tertiary/aromatic N) is 2. The fraction of sp³-hybridized carbons (Fsp3) is 0.435. The highest BCUT2D eigenvalue weighted by Crippen LogP contribution is 2.20. The number of aliphatic imine (C=N–C) groups is 1. The average molecular weight is 524 g/mol. The highest BCUT2D eigenvalue weighted by Gasteiger charge is 2.10. The first-order valence-electron chi connectivity index (χ1n) is 10.4. The summed E-state index contributed by atoms with van der Waals surface area (Å²) in [4.78, 5) is 7.16. The molecule has 1 fully saturated rings. The number of nitrogens with one attached hydrogen (secondary N) is 2. The van der Waals surface area contributed by atoms with Crippen molar-refractivity contribution < 1.29 is 9.47 Å². The predicted molar refractivity (Wildman–Crippen MR) is 133 cm³/mol. The number of guanidine groups is 1. The number of halogens is 1. The second kappa shape index (κ2) is 14.2.